The van der Waals surface area contributed by atoms with Gasteiger partial charge in [0.05, 0.1) is 5.56 Å². The molecule has 0 aliphatic carbocycles. The van der Waals surface area contributed by atoms with Gasteiger partial charge < -0.3 is 5.11 Å². The van der Waals surface area contributed by atoms with Gasteiger partial charge in [0, 0.05) is 11.2 Å². The van der Waals surface area contributed by atoms with Crippen LogP contribution in [0.3, 0.4) is 0 Å². The number of hydrogen-bond acceptors (Lipinski definition) is 2. The molecule has 0 saturated carbocycles. The number of aryl methyl sites for hydroxylation is 1. The van der Waals surface area contributed by atoms with E-state index >= 15 is 0 Å². The second kappa shape index (κ2) is 5.72. The van der Waals surface area contributed by atoms with Crippen LogP contribution in [0.15, 0.2) is 35.1 Å². The molecule has 98 valence electrons. The van der Waals surface area contributed by atoms with Gasteiger partial charge >= 0.3 is 5.97 Å². The molecule has 1 heterocycles. The van der Waals surface area contributed by atoms with Crippen LogP contribution in [-0.2, 0) is 6.42 Å². The molecule has 0 atom stereocenters. The summed E-state index contributed by atoms with van der Waals surface area (Å²) in [5.41, 5.74) is 2.93. The molecular weight excluding hydrogens is 330 g/mol. The number of benzene rings is 1. The molecule has 0 aliphatic heterocycles. The lowest BCUT2D eigenvalue weighted by Crippen LogP contribution is -2.03. The highest BCUT2D eigenvalue weighted by atomic mass is 79.9. The molecule has 19 heavy (non-hydrogen) atoms. The van der Waals surface area contributed by atoms with Gasteiger partial charge in [0.15, 0.2) is 0 Å². The van der Waals surface area contributed by atoms with E-state index < -0.39 is 5.97 Å². The van der Waals surface area contributed by atoms with Gasteiger partial charge in [-0.3, -0.25) is 0 Å². The Morgan fingerprint density at radius 1 is 1.42 bits per heavy atom. The zero-order valence-electron chi connectivity index (χ0n) is 10.2. The average Bonchev–Trinajstić information content (AvgIpc) is 2.36. The van der Waals surface area contributed by atoms with Crippen molar-refractivity contribution in [2.45, 2.75) is 13.3 Å². The Kier molecular flexibility index (Phi) is 4.22. The van der Waals surface area contributed by atoms with Gasteiger partial charge in [-0.1, -0.05) is 23.7 Å². The van der Waals surface area contributed by atoms with E-state index in [9.17, 15) is 9.90 Å². The molecule has 1 N–H and O–H groups in total. The van der Waals surface area contributed by atoms with Crippen LogP contribution in [0.5, 0.6) is 0 Å². The second-order valence-electron chi connectivity index (χ2n) is 4.23. The van der Waals surface area contributed by atoms with Crippen LogP contribution in [0.1, 0.15) is 27.0 Å². The van der Waals surface area contributed by atoms with Gasteiger partial charge in [0.25, 0.3) is 0 Å². The maximum atomic E-state index is 11.2. The molecule has 0 unspecified atom stereocenters. The highest BCUT2D eigenvalue weighted by molar-refractivity contribution is 9.10. The van der Waals surface area contributed by atoms with Crippen LogP contribution in [-0.4, -0.2) is 16.1 Å². The van der Waals surface area contributed by atoms with Gasteiger partial charge in [-0.15, -0.1) is 0 Å². The summed E-state index contributed by atoms with van der Waals surface area (Å²) in [4.78, 5) is 15.4. The quantitative estimate of drug-likeness (QED) is 0.856. The number of rotatable bonds is 3. The summed E-state index contributed by atoms with van der Waals surface area (Å²) in [5, 5.41) is 9.61. The number of carbonyl (C=O) groups is 1. The predicted molar refractivity (Wildman–Crippen MR) is 77.9 cm³/mol. The Morgan fingerprint density at radius 2 is 2.16 bits per heavy atom. The fourth-order valence-corrected chi connectivity index (χ4v) is 2.22. The van der Waals surface area contributed by atoms with Crippen LogP contribution < -0.4 is 0 Å². The summed E-state index contributed by atoms with van der Waals surface area (Å²) < 4.78 is 0.797. The SMILES string of the molecule is Cc1cc(Cc2ccc(Cl)cc2C(=O)O)cnc1Br. The number of aromatic carboxylic acids is 1. The maximum Gasteiger partial charge on any atom is 0.336 e. The van der Waals surface area contributed by atoms with Gasteiger partial charge in [0.1, 0.15) is 4.60 Å². The van der Waals surface area contributed by atoms with Crippen LogP contribution in [0.25, 0.3) is 0 Å². The Labute approximate surface area is 124 Å². The number of halogens is 2. The molecule has 0 aliphatic rings. The van der Waals surface area contributed by atoms with E-state index in [0.717, 1.165) is 21.3 Å². The molecule has 3 nitrogen and oxygen atoms in total. The van der Waals surface area contributed by atoms with Crippen molar-refractivity contribution in [1.82, 2.24) is 4.98 Å². The minimum atomic E-state index is -0.973. The Morgan fingerprint density at radius 3 is 2.79 bits per heavy atom. The fraction of sp³-hybridized carbons (Fsp3) is 0.143. The molecule has 2 aromatic rings. The monoisotopic (exact) mass is 339 g/mol. The minimum Gasteiger partial charge on any atom is -0.478 e. The van der Waals surface area contributed by atoms with E-state index in [2.05, 4.69) is 20.9 Å². The summed E-state index contributed by atoms with van der Waals surface area (Å²) in [5.74, 6) is -0.973. The molecule has 1 aromatic carbocycles. The van der Waals surface area contributed by atoms with E-state index in [1.165, 1.54) is 6.07 Å². The van der Waals surface area contributed by atoms with E-state index in [0.29, 0.717) is 11.4 Å². The van der Waals surface area contributed by atoms with Crippen molar-refractivity contribution in [3.8, 4) is 0 Å². The van der Waals surface area contributed by atoms with Crippen molar-refractivity contribution >= 4 is 33.5 Å². The zero-order valence-corrected chi connectivity index (χ0v) is 12.5. The molecule has 0 saturated heterocycles. The van der Waals surface area contributed by atoms with Crippen LogP contribution in [0, 0.1) is 6.92 Å². The second-order valence-corrected chi connectivity index (χ2v) is 5.42. The fourth-order valence-electron chi connectivity index (χ4n) is 1.83. The number of nitrogens with zero attached hydrogens (tertiary/aromatic N) is 1. The summed E-state index contributed by atoms with van der Waals surface area (Å²) in [7, 11) is 0. The van der Waals surface area contributed by atoms with Crippen molar-refractivity contribution in [2.75, 3.05) is 0 Å². The Balaban J connectivity index is 2.37. The molecule has 0 amide bonds. The van der Waals surface area contributed by atoms with Crippen molar-refractivity contribution < 1.29 is 9.90 Å². The van der Waals surface area contributed by atoms with E-state index in [-0.39, 0.29) is 5.56 Å². The molecule has 0 spiro atoms. The van der Waals surface area contributed by atoms with Gasteiger partial charge in [-0.05, 0) is 58.1 Å². The molecule has 0 fully saturated rings. The zero-order chi connectivity index (χ0) is 14.0. The third-order valence-electron chi connectivity index (χ3n) is 2.77. The van der Waals surface area contributed by atoms with Gasteiger partial charge in [-0.2, -0.15) is 0 Å². The molecular formula is C14H11BrClNO2. The minimum absolute atomic E-state index is 0.230. The Bertz CT molecular complexity index is 643. The number of carboxylic acid groups (broad SMARTS) is 1. The molecule has 0 bridgehead atoms. The topological polar surface area (TPSA) is 50.2 Å². The number of aromatic nitrogens is 1. The molecule has 5 heteroatoms. The molecule has 2 rings (SSSR count). The first kappa shape index (κ1) is 14.0. The summed E-state index contributed by atoms with van der Waals surface area (Å²) in [6, 6.07) is 6.89. The largest absolute Gasteiger partial charge is 0.478 e. The van der Waals surface area contributed by atoms with Gasteiger partial charge in [0.2, 0.25) is 0 Å². The van der Waals surface area contributed by atoms with Crippen molar-refractivity contribution in [1.29, 1.82) is 0 Å². The lowest BCUT2D eigenvalue weighted by atomic mass is 10.0. The lowest BCUT2D eigenvalue weighted by Gasteiger charge is -2.08. The third kappa shape index (κ3) is 3.33. The van der Waals surface area contributed by atoms with E-state index in [4.69, 9.17) is 11.6 Å². The summed E-state index contributed by atoms with van der Waals surface area (Å²) >= 11 is 9.17. The number of hydrogen-bond donors (Lipinski definition) is 1. The predicted octanol–water partition coefficient (Wildman–Crippen LogP) is 4.09. The van der Waals surface area contributed by atoms with E-state index in [1.54, 1.807) is 18.3 Å². The summed E-state index contributed by atoms with van der Waals surface area (Å²) in [6.07, 6.45) is 2.25. The standard InChI is InChI=1S/C14H11BrClNO2/c1-8-4-9(7-17-13(8)15)5-10-2-3-11(16)6-12(10)14(18)19/h2-4,6-7H,5H2,1H3,(H,18,19). The van der Waals surface area contributed by atoms with E-state index in [1.807, 2.05) is 13.0 Å². The normalized spacial score (nSPS) is 10.5. The van der Waals surface area contributed by atoms with Crippen molar-refractivity contribution in [3.05, 3.63) is 62.3 Å². The highest BCUT2D eigenvalue weighted by Gasteiger charge is 2.11. The molecule has 0 radical (unpaired) electrons. The third-order valence-corrected chi connectivity index (χ3v) is 3.83. The smallest absolute Gasteiger partial charge is 0.336 e. The maximum absolute atomic E-state index is 11.2. The Hall–Kier alpha value is -1.39. The van der Waals surface area contributed by atoms with Crippen molar-refractivity contribution in [2.24, 2.45) is 0 Å². The van der Waals surface area contributed by atoms with Crippen LogP contribution in [0.4, 0.5) is 0 Å². The van der Waals surface area contributed by atoms with Gasteiger partial charge in [-0.25, -0.2) is 9.78 Å². The highest BCUT2D eigenvalue weighted by Crippen LogP contribution is 2.21. The first-order valence-corrected chi connectivity index (χ1v) is 6.77. The first-order chi connectivity index (χ1) is 8.97. The summed E-state index contributed by atoms with van der Waals surface area (Å²) in [6.45, 7) is 1.94. The van der Waals surface area contributed by atoms with Crippen LogP contribution in [0.2, 0.25) is 5.02 Å². The van der Waals surface area contributed by atoms with Crippen LogP contribution >= 0.6 is 27.5 Å². The number of pyridine rings is 1. The lowest BCUT2D eigenvalue weighted by molar-refractivity contribution is 0.0696. The molecule has 1 aromatic heterocycles. The average molecular weight is 341 g/mol. The first-order valence-electron chi connectivity index (χ1n) is 5.60. The van der Waals surface area contributed by atoms with Crippen molar-refractivity contribution in [3.63, 3.8) is 0 Å². The number of carboxylic acids is 1.